The minimum absolute atomic E-state index is 0.0577. The van der Waals surface area contributed by atoms with Crippen LogP contribution in [0.25, 0.3) is 0 Å². The molecule has 0 bridgehead atoms. The van der Waals surface area contributed by atoms with Crippen LogP contribution in [-0.2, 0) is 0 Å². The van der Waals surface area contributed by atoms with Gasteiger partial charge in [-0.1, -0.05) is 0 Å². The molecule has 1 aromatic rings. The van der Waals surface area contributed by atoms with E-state index in [1.807, 2.05) is 0 Å². The minimum atomic E-state index is -0.552. The number of nitro groups is 1. The van der Waals surface area contributed by atoms with Gasteiger partial charge in [-0.25, -0.2) is 4.98 Å². The molecule has 0 atom stereocenters. The third kappa shape index (κ3) is 4.78. The van der Waals surface area contributed by atoms with Crippen LogP contribution in [0.15, 0.2) is 0 Å². The summed E-state index contributed by atoms with van der Waals surface area (Å²) in [6.07, 6.45) is 0. The molecule has 8 heteroatoms. The molecule has 0 N–H and O–H groups in total. The van der Waals surface area contributed by atoms with Crippen molar-refractivity contribution in [3.8, 4) is 5.88 Å². The van der Waals surface area contributed by atoms with E-state index in [4.69, 9.17) is 16.3 Å². The van der Waals surface area contributed by atoms with E-state index < -0.39 is 4.92 Å². The van der Waals surface area contributed by atoms with Crippen LogP contribution in [0.3, 0.4) is 0 Å². The molecule has 1 rings (SSSR count). The Labute approximate surface area is 129 Å². The standard InChI is InChI=1S/C13H21ClN4O3/c1-8(2)17(9(3)4)6-7-21-12-11(18(19)20)10(5)15-13(14)16-12/h8-9H,6-7H2,1-5H3. The van der Waals surface area contributed by atoms with Gasteiger partial charge in [0.15, 0.2) is 0 Å². The largest absolute Gasteiger partial charge is 0.471 e. The summed E-state index contributed by atoms with van der Waals surface area (Å²) in [4.78, 5) is 20.3. The van der Waals surface area contributed by atoms with Gasteiger partial charge in [0.1, 0.15) is 12.3 Å². The van der Waals surface area contributed by atoms with Gasteiger partial charge in [0.2, 0.25) is 5.28 Å². The van der Waals surface area contributed by atoms with E-state index in [0.29, 0.717) is 25.2 Å². The Morgan fingerprint density at radius 1 is 1.29 bits per heavy atom. The highest BCUT2D eigenvalue weighted by molar-refractivity contribution is 6.28. The topological polar surface area (TPSA) is 81.4 Å². The molecule has 0 unspecified atom stereocenters. The molecule has 1 heterocycles. The van der Waals surface area contributed by atoms with Crippen molar-refractivity contribution in [2.24, 2.45) is 0 Å². The second kappa shape index (κ2) is 7.51. The van der Waals surface area contributed by atoms with E-state index in [2.05, 4.69) is 42.6 Å². The van der Waals surface area contributed by atoms with Gasteiger partial charge in [-0.05, 0) is 46.2 Å². The highest BCUT2D eigenvalue weighted by Gasteiger charge is 2.23. The molecule has 0 saturated heterocycles. The second-order valence-corrected chi connectivity index (χ2v) is 5.60. The highest BCUT2D eigenvalue weighted by Crippen LogP contribution is 2.28. The third-order valence-corrected chi connectivity index (χ3v) is 3.27. The Morgan fingerprint density at radius 3 is 2.33 bits per heavy atom. The van der Waals surface area contributed by atoms with Crippen LogP contribution in [0.5, 0.6) is 5.88 Å². The van der Waals surface area contributed by atoms with Crippen molar-refractivity contribution in [2.45, 2.75) is 46.7 Å². The monoisotopic (exact) mass is 316 g/mol. The van der Waals surface area contributed by atoms with E-state index >= 15 is 0 Å². The normalized spacial score (nSPS) is 11.5. The Bertz CT molecular complexity index is 500. The smallest absolute Gasteiger partial charge is 0.352 e. The lowest BCUT2D eigenvalue weighted by atomic mass is 10.2. The molecule has 0 aliphatic carbocycles. The predicted molar refractivity (Wildman–Crippen MR) is 80.9 cm³/mol. The molecule has 0 aliphatic rings. The van der Waals surface area contributed by atoms with Crippen LogP contribution in [-0.4, -0.2) is 45.0 Å². The number of aromatic nitrogens is 2. The summed E-state index contributed by atoms with van der Waals surface area (Å²) in [5.41, 5.74) is -0.0420. The summed E-state index contributed by atoms with van der Waals surface area (Å²) in [6, 6.07) is 0.721. The molecule has 21 heavy (non-hydrogen) atoms. The van der Waals surface area contributed by atoms with Gasteiger partial charge < -0.3 is 4.74 Å². The van der Waals surface area contributed by atoms with Gasteiger partial charge in [0, 0.05) is 18.6 Å². The number of rotatable bonds is 7. The van der Waals surface area contributed by atoms with E-state index in [9.17, 15) is 10.1 Å². The minimum Gasteiger partial charge on any atom is -0.471 e. The Kier molecular flexibility index (Phi) is 6.29. The lowest BCUT2D eigenvalue weighted by Gasteiger charge is -2.30. The zero-order valence-corrected chi connectivity index (χ0v) is 13.7. The van der Waals surface area contributed by atoms with Crippen molar-refractivity contribution >= 4 is 17.3 Å². The zero-order chi connectivity index (χ0) is 16.2. The fraction of sp³-hybridized carbons (Fsp3) is 0.692. The van der Waals surface area contributed by atoms with Crippen LogP contribution in [0, 0.1) is 17.0 Å². The number of ether oxygens (including phenoxy) is 1. The number of hydrogen-bond donors (Lipinski definition) is 0. The van der Waals surface area contributed by atoms with Crippen LogP contribution in [0.4, 0.5) is 5.69 Å². The van der Waals surface area contributed by atoms with Gasteiger partial charge >= 0.3 is 5.69 Å². The van der Waals surface area contributed by atoms with Gasteiger partial charge in [-0.15, -0.1) is 0 Å². The molecule has 0 amide bonds. The summed E-state index contributed by atoms with van der Waals surface area (Å²) in [5.74, 6) is -0.0787. The molecule has 118 valence electrons. The quantitative estimate of drug-likeness (QED) is 0.437. The molecule has 0 fully saturated rings. The molecule has 0 spiro atoms. The fourth-order valence-electron chi connectivity index (χ4n) is 2.18. The van der Waals surface area contributed by atoms with Crippen LogP contribution >= 0.6 is 11.6 Å². The summed E-state index contributed by atoms with van der Waals surface area (Å²) < 4.78 is 5.47. The van der Waals surface area contributed by atoms with E-state index in [0.717, 1.165) is 0 Å². The van der Waals surface area contributed by atoms with Gasteiger partial charge in [0.05, 0.1) is 4.92 Å². The van der Waals surface area contributed by atoms with E-state index in [-0.39, 0.29) is 22.5 Å². The first-order valence-electron chi connectivity index (χ1n) is 6.81. The first-order chi connectivity index (χ1) is 9.73. The molecule has 0 radical (unpaired) electrons. The van der Waals surface area contributed by atoms with Crippen LogP contribution in [0.2, 0.25) is 5.28 Å². The first kappa shape index (κ1) is 17.6. The van der Waals surface area contributed by atoms with E-state index in [1.165, 1.54) is 6.92 Å². The predicted octanol–water partition coefficient (Wildman–Crippen LogP) is 2.84. The second-order valence-electron chi connectivity index (χ2n) is 5.26. The molecule has 0 aliphatic heterocycles. The highest BCUT2D eigenvalue weighted by atomic mass is 35.5. The van der Waals surface area contributed by atoms with E-state index in [1.54, 1.807) is 0 Å². The molecule has 7 nitrogen and oxygen atoms in total. The maximum atomic E-state index is 11.1. The first-order valence-corrected chi connectivity index (χ1v) is 7.18. The number of nitrogens with zero attached hydrogens (tertiary/aromatic N) is 4. The van der Waals surface area contributed by atoms with Crippen molar-refractivity contribution in [3.63, 3.8) is 0 Å². The number of hydrogen-bond acceptors (Lipinski definition) is 6. The molecular formula is C13H21ClN4O3. The lowest BCUT2D eigenvalue weighted by Crippen LogP contribution is -2.39. The summed E-state index contributed by atoms with van der Waals surface area (Å²) in [5, 5.41) is 11.0. The Hall–Kier alpha value is -1.47. The summed E-state index contributed by atoms with van der Waals surface area (Å²) in [6.45, 7) is 10.8. The van der Waals surface area contributed by atoms with Crippen molar-refractivity contribution in [2.75, 3.05) is 13.2 Å². The molecule has 1 aromatic heterocycles. The third-order valence-electron chi connectivity index (χ3n) is 3.10. The average Bonchev–Trinajstić information content (AvgIpc) is 2.31. The Morgan fingerprint density at radius 2 is 1.86 bits per heavy atom. The van der Waals surface area contributed by atoms with Crippen LogP contribution < -0.4 is 4.74 Å². The van der Waals surface area contributed by atoms with Crippen LogP contribution in [0.1, 0.15) is 33.4 Å². The molecule has 0 aromatic carbocycles. The Balaban J connectivity index is 2.82. The van der Waals surface area contributed by atoms with Crippen molar-refractivity contribution in [1.29, 1.82) is 0 Å². The SMILES string of the molecule is Cc1nc(Cl)nc(OCCN(C(C)C)C(C)C)c1[N+](=O)[O-]. The zero-order valence-electron chi connectivity index (χ0n) is 13.0. The summed E-state index contributed by atoms with van der Waals surface area (Å²) in [7, 11) is 0. The van der Waals surface area contributed by atoms with Gasteiger partial charge in [-0.3, -0.25) is 15.0 Å². The number of halogens is 1. The lowest BCUT2D eigenvalue weighted by molar-refractivity contribution is -0.387. The van der Waals surface area contributed by atoms with Crippen molar-refractivity contribution in [3.05, 3.63) is 21.1 Å². The average molecular weight is 317 g/mol. The van der Waals surface area contributed by atoms with Gasteiger partial charge in [-0.2, -0.15) is 4.98 Å². The maximum Gasteiger partial charge on any atom is 0.352 e. The maximum absolute atomic E-state index is 11.1. The fourth-order valence-corrected chi connectivity index (χ4v) is 2.38. The van der Waals surface area contributed by atoms with Gasteiger partial charge in [0.25, 0.3) is 5.88 Å². The summed E-state index contributed by atoms with van der Waals surface area (Å²) >= 11 is 5.73. The molecule has 0 saturated carbocycles. The van der Waals surface area contributed by atoms with Crippen molar-refractivity contribution < 1.29 is 9.66 Å². The number of aryl methyl sites for hydroxylation is 1. The van der Waals surface area contributed by atoms with Crippen molar-refractivity contribution in [1.82, 2.24) is 14.9 Å². The molecular weight excluding hydrogens is 296 g/mol.